The first-order chi connectivity index (χ1) is 9.15. The molecular weight excluding hydrogens is 242 g/mol. The molecule has 0 bridgehead atoms. The van der Waals surface area contributed by atoms with E-state index in [0.717, 1.165) is 36.6 Å². The van der Waals surface area contributed by atoms with Crippen molar-refractivity contribution in [2.45, 2.75) is 25.4 Å². The van der Waals surface area contributed by atoms with Crippen molar-refractivity contribution < 1.29 is 14.6 Å². The SMILES string of the molecule is COc1c(OC2CCN(C)C2)cccc1C(C)CO. The van der Waals surface area contributed by atoms with Crippen LogP contribution in [0.3, 0.4) is 0 Å². The van der Waals surface area contributed by atoms with Crippen molar-refractivity contribution in [2.24, 2.45) is 0 Å². The standard InChI is InChI=1S/C15H23NO3/c1-11(10-17)13-5-4-6-14(15(13)18-3)19-12-7-8-16(2)9-12/h4-6,11-12,17H,7-10H2,1-3H3. The fourth-order valence-electron chi connectivity index (χ4n) is 2.50. The third kappa shape index (κ3) is 3.19. The summed E-state index contributed by atoms with van der Waals surface area (Å²) in [5, 5.41) is 9.31. The zero-order chi connectivity index (χ0) is 13.8. The van der Waals surface area contributed by atoms with Crippen molar-refractivity contribution in [3.8, 4) is 11.5 Å². The number of likely N-dealkylation sites (tertiary alicyclic amines) is 1. The Hall–Kier alpha value is -1.26. The molecule has 2 rings (SSSR count). The predicted octanol–water partition coefficient (Wildman–Crippen LogP) is 1.87. The van der Waals surface area contributed by atoms with Crippen LogP contribution < -0.4 is 9.47 Å². The van der Waals surface area contributed by atoms with E-state index in [9.17, 15) is 5.11 Å². The number of hydrogen-bond acceptors (Lipinski definition) is 4. The lowest BCUT2D eigenvalue weighted by Gasteiger charge is -2.20. The van der Waals surface area contributed by atoms with Crippen LogP contribution in [0.2, 0.25) is 0 Å². The van der Waals surface area contributed by atoms with Crippen molar-refractivity contribution in [1.82, 2.24) is 4.90 Å². The van der Waals surface area contributed by atoms with Crippen LogP contribution in [0, 0.1) is 0 Å². The second-order valence-corrected chi connectivity index (χ2v) is 5.25. The Bertz CT molecular complexity index is 422. The van der Waals surface area contributed by atoms with Crippen molar-refractivity contribution >= 4 is 0 Å². The summed E-state index contributed by atoms with van der Waals surface area (Å²) in [4.78, 5) is 2.26. The van der Waals surface area contributed by atoms with Gasteiger partial charge in [0.1, 0.15) is 6.10 Å². The monoisotopic (exact) mass is 265 g/mol. The van der Waals surface area contributed by atoms with Gasteiger partial charge >= 0.3 is 0 Å². The van der Waals surface area contributed by atoms with Crippen LogP contribution in [-0.4, -0.2) is 50.0 Å². The minimum Gasteiger partial charge on any atom is -0.493 e. The van der Waals surface area contributed by atoms with Crippen LogP contribution in [0.5, 0.6) is 11.5 Å². The summed E-state index contributed by atoms with van der Waals surface area (Å²) in [5.74, 6) is 1.57. The quantitative estimate of drug-likeness (QED) is 0.882. The number of hydrogen-bond donors (Lipinski definition) is 1. The molecule has 1 aliphatic rings. The first kappa shape index (κ1) is 14.2. The Morgan fingerprint density at radius 1 is 1.47 bits per heavy atom. The van der Waals surface area contributed by atoms with E-state index in [-0.39, 0.29) is 18.6 Å². The summed E-state index contributed by atoms with van der Waals surface area (Å²) >= 11 is 0. The van der Waals surface area contributed by atoms with Gasteiger partial charge in [0.05, 0.1) is 7.11 Å². The molecule has 2 atom stereocenters. The van der Waals surface area contributed by atoms with Crippen LogP contribution in [0.4, 0.5) is 0 Å². The maximum absolute atomic E-state index is 9.31. The van der Waals surface area contributed by atoms with Crippen LogP contribution in [-0.2, 0) is 0 Å². The molecule has 0 saturated carbocycles. The number of aliphatic hydroxyl groups is 1. The lowest BCUT2D eigenvalue weighted by molar-refractivity contribution is 0.198. The molecule has 0 spiro atoms. The predicted molar refractivity (Wildman–Crippen MR) is 75.0 cm³/mol. The Morgan fingerprint density at radius 3 is 2.84 bits per heavy atom. The largest absolute Gasteiger partial charge is 0.493 e. The highest BCUT2D eigenvalue weighted by atomic mass is 16.5. The van der Waals surface area contributed by atoms with Gasteiger partial charge in [0, 0.05) is 31.2 Å². The molecule has 1 saturated heterocycles. The van der Waals surface area contributed by atoms with E-state index in [1.807, 2.05) is 25.1 Å². The molecule has 0 aliphatic carbocycles. The third-order valence-electron chi connectivity index (χ3n) is 3.66. The van der Waals surface area contributed by atoms with E-state index < -0.39 is 0 Å². The molecule has 1 heterocycles. The summed E-state index contributed by atoms with van der Waals surface area (Å²) in [6, 6.07) is 5.87. The highest BCUT2D eigenvalue weighted by Crippen LogP contribution is 2.36. The van der Waals surface area contributed by atoms with Gasteiger partial charge in [-0.2, -0.15) is 0 Å². The number of benzene rings is 1. The van der Waals surface area contributed by atoms with Crippen LogP contribution in [0.15, 0.2) is 18.2 Å². The molecule has 1 fully saturated rings. The van der Waals surface area contributed by atoms with Crippen molar-refractivity contribution in [2.75, 3.05) is 33.9 Å². The molecule has 106 valence electrons. The molecule has 1 aromatic carbocycles. The number of ether oxygens (including phenoxy) is 2. The molecule has 4 heteroatoms. The average molecular weight is 265 g/mol. The van der Waals surface area contributed by atoms with Crippen molar-refractivity contribution in [1.29, 1.82) is 0 Å². The number of nitrogens with zero attached hydrogens (tertiary/aromatic N) is 1. The maximum Gasteiger partial charge on any atom is 0.164 e. The van der Waals surface area contributed by atoms with Gasteiger partial charge in [0.2, 0.25) is 0 Å². The summed E-state index contributed by atoms with van der Waals surface area (Å²) in [6.07, 6.45) is 1.26. The van der Waals surface area contributed by atoms with E-state index in [1.165, 1.54) is 0 Å². The minimum absolute atomic E-state index is 0.0461. The summed E-state index contributed by atoms with van der Waals surface area (Å²) in [7, 11) is 3.75. The van der Waals surface area contributed by atoms with Gasteiger partial charge in [0.15, 0.2) is 11.5 Å². The highest BCUT2D eigenvalue weighted by molar-refractivity contribution is 5.48. The molecule has 1 aromatic rings. The average Bonchev–Trinajstić information content (AvgIpc) is 2.83. The fraction of sp³-hybridized carbons (Fsp3) is 0.600. The van der Waals surface area contributed by atoms with Gasteiger partial charge < -0.3 is 19.5 Å². The van der Waals surface area contributed by atoms with Gasteiger partial charge in [-0.05, 0) is 19.5 Å². The first-order valence-corrected chi connectivity index (χ1v) is 6.78. The van der Waals surface area contributed by atoms with Gasteiger partial charge in [-0.3, -0.25) is 0 Å². The van der Waals surface area contributed by atoms with E-state index in [4.69, 9.17) is 9.47 Å². The van der Waals surface area contributed by atoms with E-state index >= 15 is 0 Å². The Kier molecular flexibility index (Phi) is 4.66. The smallest absolute Gasteiger partial charge is 0.164 e. The number of rotatable bonds is 5. The molecule has 0 aromatic heterocycles. The third-order valence-corrected chi connectivity index (χ3v) is 3.66. The lowest BCUT2D eigenvalue weighted by Crippen LogP contribution is -2.21. The molecule has 1 N–H and O–H groups in total. The minimum atomic E-state index is 0.0461. The second-order valence-electron chi connectivity index (χ2n) is 5.25. The molecule has 4 nitrogen and oxygen atoms in total. The van der Waals surface area contributed by atoms with Crippen LogP contribution in [0.1, 0.15) is 24.8 Å². The Balaban J connectivity index is 2.20. The van der Waals surface area contributed by atoms with Gasteiger partial charge in [-0.1, -0.05) is 19.1 Å². The van der Waals surface area contributed by atoms with Gasteiger partial charge in [-0.15, -0.1) is 0 Å². The topological polar surface area (TPSA) is 41.9 Å². The van der Waals surface area contributed by atoms with E-state index in [1.54, 1.807) is 7.11 Å². The van der Waals surface area contributed by atoms with Crippen molar-refractivity contribution in [3.63, 3.8) is 0 Å². The number of para-hydroxylation sites is 1. The summed E-state index contributed by atoms with van der Waals surface area (Å²) in [6.45, 7) is 4.10. The molecule has 19 heavy (non-hydrogen) atoms. The fourth-order valence-corrected chi connectivity index (χ4v) is 2.50. The molecule has 2 unspecified atom stereocenters. The van der Waals surface area contributed by atoms with Crippen molar-refractivity contribution in [3.05, 3.63) is 23.8 Å². The van der Waals surface area contributed by atoms with Crippen LogP contribution in [0.25, 0.3) is 0 Å². The highest BCUT2D eigenvalue weighted by Gasteiger charge is 2.23. The molecule has 1 aliphatic heterocycles. The van der Waals surface area contributed by atoms with Gasteiger partial charge in [-0.25, -0.2) is 0 Å². The second kappa shape index (κ2) is 6.26. The van der Waals surface area contributed by atoms with E-state index in [2.05, 4.69) is 11.9 Å². The van der Waals surface area contributed by atoms with Crippen LogP contribution >= 0.6 is 0 Å². The number of likely N-dealkylation sites (N-methyl/N-ethyl adjacent to an activating group) is 1. The molecule has 0 radical (unpaired) electrons. The normalized spacial score (nSPS) is 21.4. The Labute approximate surface area is 114 Å². The lowest BCUT2D eigenvalue weighted by atomic mass is 10.0. The summed E-state index contributed by atoms with van der Waals surface area (Å²) < 4.78 is 11.5. The maximum atomic E-state index is 9.31. The number of aliphatic hydroxyl groups excluding tert-OH is 1. The Morgan fingerprint density at radius 2 is 2.26 bits per heavy atom. The van der Waals surface area contributed by atoms with E-state index in [0.29, 0.717) is 0 Å². The molecule has 0 amide bonds. The molecular formula is C15H23NO3. The number of methoxy groups -OCH3 is 1. The summed E-state index contributed by atoms with van der Waals surface area (Å²) in [5.41, 5.74) is 0.994. The van der Waals surface area contributed by atoms with Gasteiger partial charge in [0.25, 0.3) is 0 Å². The first-order valence-electron chi connectivity index (χ1n) is 6.78. The zero-order valence-corrected chi connectivity index (χ0v) is 11.9. The zero-order valence-electron chi connectivity index (χ0n) is 11.9.